The van der Waals surface area contributed by atoms with Crippen molar-refractivity contribution in [1.82, 2.24) is 15.3 Å². The Balaban J connectivity index is 1.46. The number of amides is 1. The van der Waals surface area contributed by atoms with Gasteiger partial charge in [0.05, 0.1) is 12.7 Å². The molecule has 1 amide bonds. The lowest BCUT2D eigenvalue weighted by Crippen LogP contribution is -2.40. The van der Waals surface area contributed by atoms with Crippen molar-refractivity contribution in [2.45, 2.75) is 51.7 Å². The normalized spacial score (nSPS) is 17.5. The molecule has 1 fully saturated rings. The van der Waals surface area contributed by atoms with Crippen molar-refractivity contribution in [3.05, 3.63) is 53.0 Å². The second-order valence-corrected chi connectivity index (χ2v) is 7.88. The molecule has 0 bridgehead atoms. The zero-order chi connectivity index (χ0) is 19.5. The van der Waals surface area contributed by atoms with Crippen molar-refractivity contribution in [3.8, 4) is 0 Å². The van der Waals surface area contributed by atoms with Crippen molar-refractivity contribution in [2.24, 2.45) is 0 Å². The van der Waals surface area contributed by atoms with Crippen LogP contribution in [0, 0.1) is 0 Å². The molecule has 1 saturated heterocycles. The van der Waals surface area contributed by atoms with Crippen LogP contribution in [0.2, 0.25) is 0 Å². The van der Waals surface area contributed by atoms with Crippen molar-refractivity contribution in [1.29, 1.82) is 0 Å². The molecule has 148 valence electrons. The van der Waals surface area contributed by atoms with Crippen LogP contribution < -0.4 is 10.2 Å². The predicted octanol–water partition coefficient (Wildman–Crippen LogP) is 3.07. The lowest BCUT2D eigenvalue weighted by molar-refractivity contribution is 0.0250. The molecule has 1 aromatic carbocycles. The third kappa shape index (κ3) is 4.02. The van der Waals surface area contributed by atoms with E-state index in [1.54, 1.807) is 0 Å². The molecule has 0 saturated carbocycles. The summed E-state index contributed by atoms with van der Waals surface area (Å²) in [7, 11) is 0. The number of hydrogen-bond donors (Lipinski definition) is 1. The van der Waals surface area contributed by atoms with E-state index in [0.29, 0.717) is 18.8 Å². The number of piperidine rings is 1. The van der Waals surface area contributed by atoms with Gasteiger partial charge in [0.2, 0.25) is 0 Å². The predicted molar refractivity (Wildman–Crippen MR) is 109 cm³/mol. The van der Waals surface area contributed by atoms with Crippen molar-refractivity contribution in [3.63, 3.8) is 0 Å². The van der Waals surface area contributed by atoms with E-state index in [0.717, 1.165) is 49.6 Å². The van der Waals surface area contributed by atoms with Crippen LogP contribution in [0.1, 0.15) is 60.0 Å². The fraction of sp³-hybridized carbons (Fsp3) is 0.500. The van der Waals surface area contributed by atoms with Crippen LogP contribution in [0.4, 0.5) is 5.82 Å². The molecule has 4 rings (SSSR count). The highest BCUT2D eigenvalue weighted by Crippen LogP contribution is 2.29. The maximum atomic E-state index is 12.3. The molecule has 0 radical (unpaired) electrons. The summed E-state index contributed by atoms with van der Waals surface area (Å²) in [6.45, 7) is 7.22. The summed E-state index contributed by atoms with van der Waals surface area (Å²) in [4.78, 5) is 24.0. The summed E-state index contributed by atoms with van der Waals surface area (Å²) in [5.74, 6) is 1.80. The van der Waals surface area contributed by atoms with Gasteiger partial charge in [-0.15, -0.1) is 0 Å². The molecular formula is C22H28N4O2. The van der Waals surface area contributed by atoms with E-state index in [1.165, 1.54) is 5.56 Å². The van der Waals surface area contributed by atoms with Crippen molar-refractivity contribution < 1.29 is 9.53 Å². The highest BCUT2D eigenvalue weighted by molar-refractivity contribution is 5.96. The van der Waals surface area contributed by atoms with Gasteiger partial charge in [0.1, 0.15) is 17.3 Å². The maximum Gasteiger partial charge on any atom is 0.270 e. The fourth-order valence-electron chi connectivity index (χ4n) is 3.83. The van der Waals surface area contributed by atoms with Gasteiger partial charge in [0.25, 0.3) is 5.91 Å². The Morgan fingerprint density at radius 3 is 2.64 bits per heavy atom. The van der Waals surface area contributed by atoms with Crippen molar-refractivity contribution in [2.75, 3.05) is 24.5 Å². The van der Waals surface area contributed by atoms with E-state index in [4.69, 9.17) is 9.72 Å². The van der Waals surface area contributed by atoms with Crippen LogP contribution in [-0.2, 0) is 17.8 Å². The van der Waals surface area contributed by atoms with E-state index in [9.17, 15) is 4.79 Å². The summed E-state index contributed by atoms with van der Waals surface area (Å²) >= 11 is 0. The third-order valence-corrected chi connectivity index (χ3v) is 5.46. The van der Waals surface area contributed by atoms with Gasteiger partial charge in [0, 0.05) is 31.1 Å². The fourth-order valence-corrected chi connectivity index (χ4v) is 3.83. The summed E-state index contributed by atoms with van der Waals surface area (Å²) in [6.07, 6.45) is 2.99. The Bertz CT molecular complexity index is 830. The Morgan fingerprint density at radius 2 is 1.93 bits per heavy atom. The molecule has 6 heteroatoms. The van der Waals surface area contributed by atoms with E-state index in [-0.39, 0.29) is 17.9 Å². The van der Waals surface area contributed by atoms with Gasteiger partial charge in [-0.05, 0) is 24.8 Å². The van der Waals surface area contributed by atoms with Crippen LogP contribution in [0.5, 0.6) is 0 Å². The number of hydrogen-bond acceptors (Lipinski definition) is 5. The Kier molecular flexibility index (Phi) is 5.57. The standard InChI is InChI=1S/C22H28N4O2/c1-15(2)20-24-19-18(8-11-23-22(19)27)21(25-20)26-12-9-17(10-13-26)28-14-16-6-4-3-5-7-16/h3-7,15,17H,8-14H2,1-2H3,(H,23,27). The molecule has 3 heterocycles. The lowest BCUT2D eigenvalue weighted by Gasteiger charge is -2.35. The number of fused-ring (bicyclic) bond motifs is 1. The number of nitrogens with one attached hydrogen (secondary N) is 1. The smallest absolute Gasteiger partial charge is 0.270 e. The van der Waals surface area contributed by atoms with E-state index in [2.05, 4.69) is 41.2 Å². The Labute approximate surface area is 166 Å². The molecule has 0 unspecified atom stereocenters. The molecule has 1 N–H and O–H groups in total. The van der Waals surface area contributed by atoms with Crippen molar-refractivity contribution >= 4 is 11.7 Å². The second kappa shape index (κ2) is 8.27. The number of nitrogens with zero attached hydrogens (tertiary/aromatic N) is 3. The van der Waals surface area contributed by atoms with Crippen LogP contribution in [-0.4, -0.2) is 41.6 Å². The van der Waals surface area contributed by atoms with Gasteiger partial charge in [-0.3, -0.25) is 4.79 Å². The number of carbonyl (C=O) groups is 1. The average Bonchev–Trinajstić information content (AvgIpc) is 2.73. The van der Waals surface area contributed by atoms with Crippen LogP contribution >= 0.6 is 0 Å². The minimum atomic E-state index is -0.0760. The Morgan fingerprint density at radius 1 is 1.18 bits per heavy atom. The summed E-state index contributed by atoms with van der Waals surface area (Å²) in [5, 5.41) is 2.91. The molecule has 28 heavy (non-hydrogen) atoms. The number of carbonyl (C=O) groups excluding carboxylic acids is 1. The number of anilines is 1. The largest absolute Gasteiger partial charge is 0.373 e. The quantitative estimate of drug-likeness (QED) is 0.863. The van der Waals surface area contributed by atoms with Crippen LogP contribution in [0.25, 0.3) is 0 Å². The van der Waals surface area contributed by atoms with Gasteiger partial charge in [-0.1, -0.05) is 44.2 Å². The van der Waals surface area contributed by atoms with E-state index in [1.807, 2.05) is 18.2 Å². The molecule has 0 spiro atoms. The molecule has 0 aliphatic carbocycles. The van der Waals surface area contributed by atoms with Crippen LogP contribution in [0.3, 0.4) is 0 Å². The van der Waals surface area contributed by atoms with Gasteiger partial charge in [-0.25, -0.2) is 9.97 Å². The van der Waals surface area contributed by atoms with Gasteiger partial charge < -0.3 is 15.0 Å². The monoisotopic (exact) mass is 380 g/mol. The minimum Gasteiger partial charge on any atom is -0.373 e. The van der Waals surface area contributed by atoms with Gasteiger partial charge in [-0.2, -0.15) is 0 Å². The number of benzene rings is 1. The first-order chi connectivity index (χ1) is 13.6. The number of ether oxygens (including phenoxy) is 1. The first-order valence-corrected chi connectivity index (χ1v) is 10.2. The zero-order valence-electron chi connectivity index (χ0n) is 16.6. The highest BCUT2D eigenvalue weighted by Gasteiger charge is 2.29. The molecule has 2 aromatic rings. The first kappa shape index (κ1) is 18.9. The first-order valence-electron chi connectivity index (χ1n) is 10.2. The number of rotatable bonds is 5. The average molecular weight is 380 g/mol. The molecular weight excluding hydrogens is 352 g/mol. The number of aromatic nitrogens is 2. The SMILES string of the molecule is CC(C)c1nc2c(c(N3CCC(OCc4ccccc4)CC3)n1)CCNC2=O. The second-order valence-electron chi connectivity index (χ2n) is 7.88. The summed E-state index contributed by atoms with van der Waals surface area (Å²) in [6, 6.07) is 10.3. The maximum absolute atomic E-state index is 12.3. The molecule has 2 aliphatic heterocycles. The zero-order valence-corrected chi connectivity index (χ0v) is 16.6. The molecule has 2 aliphatic rings. The minimum absolute atomic E-state index is 0.0760. The van der Waals surface area contributed by atoms with E-state index < -0.39 is 0 Å². The third-order valence-electron chi connectivity index (χ3n) is 5.46. The summed E-state index contributed by atoms with van der Waals surface area (Å²) in [5.41, 5.74) is 2.77. The molecule has 1 aromatic heterocycles. The van der Waals surface area contributed by atoms with E-state index >= 15 is 0 Å². The highest BCUT2D eigenvalue weighted by atomic mass is 16.5. The lowest BCUT2D eigenvalue weighted by atomic mass is 10.0. The van der Waals surface area contributed by atoms with Gasteiger partial charge >= 0.3 is 0 Å². The molecule has 6 nitrogen and oxygen atoms in total. The van der Waals surface area contributed by atoms with Gasteiger partial charge in [0.15, 0.2) is 0 Å². The molecule has 0 atom stereocenters. The topological polar surface area (TPSA) is 67.3 Å². The summed E-state index contributed by atoms with van der Waals surface area (Å²) < 4.78 is 6.12. The Hall–Kier alpha value is -2.47. The van der Waals surface area contributed by atoms with Crippen LogP contribution in [0.15, 0.2) is 30.3 Å².